The summed E-state index contributed by atoms with van der Waals surface area (Å²) in [5.74, 6) is 0.704. The Balaban J connectivity index is 1.62. The molecule has 0 spiro atoms. The molecule has 1 saturated heterocycles. The van der Waals surface area contributed by atoms with Crippen molar-refractivity contribution in [2.45, 2.75) is 0 Å². The predicted octanol–water partition coefficient (Wildman–Crippen LogP) is 4.00. The van der Waals surface area contributed by atoms with E-state index in [1.807, 2.05) is 18.2 Å². The molecule has 0 bridgehead atoms. The second-order valence-corrected chi connectivity index (χ2v) is 9.07. The molecule has 4 rings (SSSR count). The topological polar surface area (TPSA) is 54.9 Å². The van der Waals surface area contributed by atoms with Crippen LogP contribution in [0, 0.1) is 0 Å². The molecule has 1 fully saturated rings. The molecule has 0 aliphatic carbocycles. The number of halogens is 1. The highest BCUT2D eigenvalue weighted by Crippen LogP contribution is 2.33. The van der Waals surface area contributed by atoms with E-state index in [9.17, 15) is 4.79 Å². The van der Waals surface area contributed by atoms with Gasteiger partial charge in [-0.1, -0.05) is 22.9 Å². The molecule has 2 aromatic heterocycles. The van der Waals surface area contributed by atoms with E-state index in [-0.39, 0.29) is 5.91 Å². The van der Waals surface area contributed by atoms with E-state index < -0.39 is 0 Å². The van der Waals surface area contributed by atoms with Crippen molar-refractivity contribution in [2.75, 3.05) is 51.4 Å². The number of methoxy groups -OCH3 is 1. The zero-order chi connectivity index (χ0) is 19.5. The number of hydrogen-bond acceptors (Lipinski definition) is 7. The summed E-state index contributed by atoms with van der Waals surface area (Å²) >= 11 is 8.83. The van der Waals surface area contributed by atoms with Gasteiger partial charge in [0.05, 0.1) is 39.8 Å². The number of fused-ring (bicyclic) bond motifs is 1. The van der Waals surface area contributed by atoms with E-state index in [0.717, 1.165) is 48.8 Å². The normalized spacial score (nSPS) is 15.1. The predicted molar refractivity (Wildman–Crippen MR) is 114 cm³/mol. The zero-order valence-electron chi connectivity index (χ0n) is 15.4. The molecule has 0 saturated carbocycles. The van der Waals surface area contributed by atoms with Crippen LogP contribution in [0.3, 0.4) is 0 Å². The van der Waals surface area contributed by atoms with Crippen LogP contribution in [0.5, 0.6) is 5.75 Å². The molecule has 0 unspecified atom stereocenters. The van der Waals surface area contributed by atoms with Gasteiger partial charge in [0.2, 0.25) is 0 Å². The fourth-order valence-corrected chi connectivity index (χ4v) is 5.06. The lowest BCUT2D eigenvalue weighted by Crippen LogP contribution is -2.43. The Labute approximate surface area is 176 Å². The number of amides is 1. The Kier molecular flexibility index (Phi) is 6.13. The maximum absolute atomic E-state index is 13.2. The third kappa shape index (κ3) is 4.31. The highest BCUT2D eigenvalue weighted by Gasteiger charge is 2.24. The second-order valence-electron chi connectivity index (χ2n) is 6.34. The van der Waals surface area contributed by atoms with Crippen LogP contribution in [-0.2, 0) is 4.74 Å². The van der Waals surface area contributed by atoms with E-state index in [1.54, 1.807) is 24.1 Å². The van der Waals surface area contributed by atoms with Crippen molar-refractivity contribution in [1.29, 1.82) is 0 Å². The van der Waals surface area contributed by atoms with Crippen LogP contribution in [0.4, 0.5) is 5.13 Å². The lowest BCUT2D eigenvalue weighted by atomic mass is 10.3. The number of morpholine rings is 1. The largest absolute Gasteiger partial charge is 0.497 e. The highest BCUT2D eigenvalue weighted by atomic mass is 35.5. The van der Waals surface area contributed by atoms with Gasteiger partial charge in [-0.25, -0.2) is 4.98 Å². The van der Waals surface area contributed by atoms with Crippen LogP contribution < -0.4 is 9.64 Å². The van der Waals surface area contributed by atoms with Crippen molar-refractivity contribution in [3.05, 3.63) is 39.5 Å². The number of nitrogens with zero attached hydrogens (tertiary/aromatic N) is 3. The number of carbonyl (C=O) groups is 1. The maximum Gasteiger partial charge on any atom is 0.270 e. The summed E-state index contributed by atoms with van der Waals surface area (Å²) in [5, 5.41) is 0.686. The maximum atomic E-state index is 13.2. The van der Waals surface area contributed by atoms with Gasteiger partial charge in [-0.15, -0.1) is 11.3 Å². The molecule has 3 heterocycles. The van der Waals surface area contributed by atoms with Crippen molar-refractivity contribution < 1.29 is 14.3 Å². The van der Waals surface area contributed by atoms with Crippen molar-refractivity contribution in [3.8, 4) is 5.75 Å². The number of rotatable bonds is 6. The molecule has 1 aliphatic rings. The van der Waals surface area contributed by atoms with Crippen LogP contribution in [0.25, 0.3) is 10.2 Å². The number of aromatic nitrogens is 1. The molecular formula is C19H20ClN3O3S2. The minimum Gasteiger partial charge on any atom is -0.497 e. The highest BCUT2D eigenvalue weighted by molar-refractivity contribution is 7.22. The van der Waals surface area contributed by atoms with Crippen LogP contribution in [-0.4, -0.2) is 62.3 Å². The third-order valence-corrected chi connectivity index (χ3v) is 6.85. The smallest absolute Gasteiger partial charge is 0.270 e. The summed E-state index contributed by atoms with van der Waals surface area (Å²) in [6, 6.07) is 9.27. The fourth-order valence-electron chi connectivity index (χ4n) is 3.05. The van der Waals surface area contributed by atoms with E-state index in [2.05, 4.69) is 4.90 Å². The SMILES string of the molecule is COc1ccc2nc(N(CCN3CCOCC3)C(=O)c3ccc(Cl)s3)sc2c1. The van der Waals surface area contributed by atoms with Gasteiger partial charge in [0.1, 0.15) is 5.75 Å². The van der Waals surface area contributed by atoms with Gasteiger partial charge in [-0.05, 0) is 30.3 Å². The number of anilines is 1. The first-order chi connectivity index (χ1) is 13.6. The fraction of sp³-hybridized carbons (Fsp3) is 0.368. The first-order valence-electron chi connectivity index (χ1n) is 8.96. The van der Waals surface area contributed by atoms with E-state index >= 15 is 0 Å². The van der Waals surface area contributed by atoms with Crippen molar-refractivity contribution in [3.63, 3.8) is 0 Å². The van der Waals surface area contributed by atoms with Gasteiger partial charge < -0.3 is 9.47 Å². The third-order valence-electron chi connectivity index (χ3n) is 4.59. The summed E-state index contributed by atoms with van der Waals surface area (Å²) in [4.78, 5) is 22.6. The lowest BCUT2D eigenvalue weighted by Gasteiger charge is -2.29. The molecule has 6 nitrogen and oxygen atoms in total. The Morgan fingerprint density at radius 2 is 2.11 bits per heavy atom. The number of hydrogen-bond donors (Lipinski definition) is 0. The quantitative estimate of drug-likeness (QED) is 0.583. The summed E-state index contributed by atoms with van der Waals surface area (Å²) in [7, 11) is 1.64. The number of ether oxygens (including phenoxy) is 2. The lowest BCUT2D eigenvalue weighted by molar-refractivity contribution is 0.0391. The number of thiazole rings is 1. The van der Waals surface area contributed by atoms with E-state index in [4.69, 9.17) is 26.1 Å². The minimum absolute atomic E-state index is 0.0730. The average molecular weight is 438 g/mol. The number of benzene rings is 1. The zero-order valence-corrected chi connectivity index (χ0v) is 17.8. The Morgan fingerprint density at radius 1 is 1.29 bits per heavy atom. The standard InChI is InChI=1S/C19H20ClN3O3S2/c1-25-13-2-3-14-16(12-13)28-19(21-14)23(7-6-22-8-10-26-11-9-22)18(24)15-4-5-17(20)27-15/h2-5,12H,6-11H2,1H3. The van der Waals surface area contributed by atoms with E-state index in [0.29, 0.717) is 20.9 Å². The average Bonchev–Trinajstić information content (AvgIpc) is 3.34. The van der Waals surface area contributed by atoms with Gasteiger partial charge in [0.25, 0.3) is 5.91 Å². The first-order valence-corrected chi connectivity index (χ1v) is 11.0. The first kappa shape index (κ1) is 19.6. The van der Waals surface area contributed by atoms with Crippen LogP contribution >= 0.6 is 34.3 Å². The molecule has 0 atom stereocenters. The monoisotopic (exact) mass is 437 g/mol. The Bertz CT molecular complexity index is 968. The van der Waals surface area contributed by atoms with Crippen molar-refractivity contribution in [2.24, 2.45) is 0 Å². The van der Waals surface area contributed by atoms with E-state index in [1.165, 1.54) is 22.7 Å². The molecule has 148 valence electrons. The van der Waals surface area contributed by atoms with Gasteiger partial charge in [-0.3, -0.25) is 14.6 Å². The van der Waals surface area contributed by atoms with Gasteiger partial charge in [0, 0.05) is 26.2 Å². The second kappa shape index (κ2) is 8.75. The molecule has 28 heavy (non-hydrogen) atoms. The van der Waals surface area contributed by atoms with Gasteiger partial charge in [-0.2, -0.15) is 0 Å². The Hall–Kier alpha value is -1.71. The van der Waals surface area contributed by atoms with Crippen molar-refractivity contribution >= 4 is 55.5 Å². The summed E-state index contributed by atoms with van der Waals surface area (Å²) < 4.78 is 12.3. The molecule has 1 aromatic carbocycles. The molecule has 0 N–H and O–H groups in total. The summed E-state index contributed by atoms with van der Waals surface area (Å²) in [6.07, 6.45) is 0. The van der Waals surface area contributed by atoms with Crippen molar-refractivity contribution in [1.82, 2.24) is 9.88 Å². The molecule has 1 aliphatic heterocycles. The summed E-state index contributed by atoms with van der Waals surface area (Å²) in [6.45, 7) is 4.55. The number of carbonyl (C=O) groups excluding carboxylic acids is 1. The Morgan fingerprint density at radius 3 is 2.82 bits per heavy atom. The molecule has 9 heteroatoms. The molecule has 1 amide bonds. The van der Waals surface area contributed by atoms with Crippen LogP contribution in [0.2, 0.25) is 4.34 Å². The number of thiophene rings is 1. The van der Waals surface area contributed by atoms with Gasteiger partial charge >= 0.3 is 0 Å². The molecular weight excluding hydrogens is 418 g/mol. The van der Waals surface area contributed by atoms with Crippen LogP contribution in [0.1, 0.15) is 9.67 Å². The molecule has 3 aromatic rings. The molecule has 0 radical (unpaired) electrons. The minimum atomic E-state index is -0.0730. The van der Waals surface area contributed by atoms with Crippen LogP contribution in [0.15, 0.2) is 30.3 Å². The van der Waals surface area contributed by atoms with Gasteiger partial charge in [0.15, 0.2) is 5.13 Å². The summed E-state index contributed by atoms with van der Waals surface area (Å²) in [5.41, 5.74) is 0.856.